The topological polar surface area (TPSA) is 48.9 Å². The molecule has 1 rings (SSSR count). The van der Waals surface area contributed by atoms with Crippen LogP contribution in [0.3, 0.4) is 0 Å². The quantitative estimate of drug-likeness (QED) is 0.368. The van der Waals surface area contributed by atoms with Crippen molar-refractivity contribution < 1.29 is 4.74 Å². The second kappa shape index (κ2) is 11.7. The first-order chi connectivity index (χ1) is 10.7. The lowest BCUT2D eigenvalue weighted by Gasteiger charge is -2.27. The molecule has 1 heterocycles. The van der Waals surface area contributed by atoms with E-state index in [1.807, 2.05) is 7.05 Å². The number of nitrogens with one attached hydrogen (secondary N) is 2. The van der Waals surface area contributed by atoms with Gasteiger partial charge in [-0.1, -0.05) is 20.8 Å². The van der Waals surface area contributed by atoms with Gasteiger partial charge in [-0.05, 0) is 44.7 Å². The van der Waals surface area contributed by atoms with Gasteiger partial charge in [0, 0.05) is 32.8 Å². The molecule has 0 aliphatic carbocycles. The van der Waals surface area contributed by atoms with Gasteiger partial charge in [0.05, 0.1) is 6.61 Å². The Labute approximate surface area is 136 Å². The maximum Gasteiger partial charge on any atom is 0.191 e. The maximum absolute atomic E-state index is 5.61. The van der Waals surface area contributed by atoms with Gasteiger partial charge in [-0.15, -0.1) is 0 Å². The van der Waals surface area contributed by atoms with Gasteiger partial charge in [-0.25, -0.2) is 0 Å². The van der Waals surface area contributed by atoms with Crippen LogP contribution in [0.5, 0.6) is 0 Å². The van der Waals surface area contributed by atoms with E-state index in [2.05, 4.69) is 41.3 Å². The SMILES string of the molecule is CCC(CNC(=NC)NCCOCCC(C)C)N1CCCC1. The fraction of sp³-hybridized carbons (Fsp3) is 0.941. The van der Waals surface area contributed by atoms with E-state index in [-0.39, 0.29) is 0 Å². The van der Waals surface area contributed by atoms with Gasteiger partial charge in [0.15, 0.2) is 5.96 Å². The molecule has 1 unspecified atom stereocenters. The fourth-order valence-corrected chi connectivity index (χ4v) is 2.74. The first-order valence-corrected chi connectivity index (χ1v) is 8.93. The largest absolute Gasteiger partial charge is 0.380 e. The molecule has 5 nitrogen and oxygen atoms in total. The molecule has 0 saturated carbocycles. The van der Waals surface area contributed by atoms with Crippen LogP contribution in [0, 0.1) is 5.92 Å². The molecule has 0 aromatic rings. The highest BCUT2D eigenvalue weighted by molar-refractivity contribution is 5.79. The molecule has 2 N–H and O–H groups in total. The summed E-state index contributed by atoms with van der Waals surface area (Å²) in [5.74, 6) is 1.59. The van der Waals surface area contributed by atoms with Crippen molar-refractivity contribution in [2.45, 2.75) is 52.5 Å². The van der Waals surface area contributed by atoms with Crippen LogP contribution in [0.1, 0.15) is 46.5 Å². The Kier molecular flexibility index (Phi) is 10.2. The van der Waals surface area contributed by atoms with Crippen molar-refractivity contribution in [3.63, 3.8) is 0 Å². The van der Waals surface area contributed by atoms with Gasteiger partial charge in [0.1, 0.15) is 0 Å². The molecule has 22 heavy (non-hydrogen) atoms. The zero-order valence-electron chi connectivity index (χ0n) is 15.0. The molecule has 0 aromatic carbocycles. The molecule has 1 saturated heterocycles. The van der Waals surface area contributed by atoms with Crippen LogP contribution in [-0.2, 0) is 4.74 Å². The third kappa shape index (κ3) is 7.99. The van der Waals surface area contributed by atoms with Crippen molar-refractivity contribution in [1.82, 2.24) is 15.5 Å². The van der Waals surface area contributed by atoms with Crippen LogP contribution >= 0.6 is 0 Å². The highest BCUT2D eigenvalue weighted by Gasteiger charge is 2.20. The first-order valence-electron chi connectivity index (χ1n) is 8.93. The van der Waals surface area contributed by atoms with Gasteiger partial charge in [-0.2, -0.15) is 0 Å². The molecule has 0 aromatic heterocycles. The van der Waals surface area contributed by atoms with E-state index in [1.54, 1.807) is 0 Å². The smallest absolute Gasteiger partial charge is 0.191 e. The Morgan fingerprint density at radius 3 is 2.50 bits per heavy atom. The maximum atomic E-state index is 5.61. The zero-order valence-corrected chi connectivity index (χ0v) is 15.0. The molecule has 1 aliphatic rings. The number of likely N-dealkylation sites (tertiary alicyclic amines) is 1. The Hall–Kier alpha value is -0.810. The summed E-state index contributed by atoms with van der Waals surface area (Å²) in [7, 11) is 1.83. The van der Waals surface area contributed by atoms with Crippen molar-refractivity contribution >= 4 is 5.96 Å². The molecule has 130 valence electrons. The van der Waals surface area contributed by atoms with Crippen LogP contribution in [0.25, 0.3) is 0 Å². The second-order valence-electron chi connectivity index (χ2n) is 6.48. The van der Waals surface area contributed by atoms with E-state index in [0.29, 0.717) is 12.0 Å². The molecule has 0 spiro atoms. The summed E-state index contributed by atoms with van der Waals surface area (Å²) in [6.07, 6.45) is 5.00. The normalized spacial score (nSPS) is 18.0. The van der Waals surface area contributed by atoms with E-state index in [9.17, 15) is 0 Å². The Morgan fingerprint density at radius 2 is 1.91 bits per heavy atom. The predicted molar refractivity (Wildman–Crippen MR) is 94.5 cm³/mol. The number of guanidine groups is 1. The van der Waals surface area contributed by atoms with Gasteiger partial charge in [0.25, 0.3) is 0 Å². The highest BCUT2D eigenvalue weighted by atomic mass is 16.5. The van der Waals surface area contributed by atoms with Crippen LogP contribution in [0.4, 0.5) is 0 Å². The van der Waals surface area contributed by atoms with Gasteiger partial charge >= 0.3 is 0 Å². The average molecular weight is 313 g/mol. The number of ether oxygens (including phenoxy) is 1. The number of rotatable bonds is 10. The van der Waals surface area contributed by atoms with E-state index in [4.69, 9.17) is 4.74 Å². The third-order valence-electron chi connectivity index (χ3n) is 4.24. The average Bonchev–Trinajstić information content (AvgIpc) is 3.03. The standard InChI is InChI=1S/C17H36N4O/c1-5-16(21-10-6-7-11-21)14-20-17(18-4)19-9-13-22-12-8-15(2)3/h15-16H,5-14H2,1-4H3,(H2,18,19,20). The molecule has 5 heteroatoms. The lowest BCUT2D eigenvalue weighted by Crippen LogP contribution is -2.46. The van der Waals surface area contributed by atoms with Gasteiger partial charge in [0.2, 0.25) is 0 Å². The van der Waals surface area contributed by atoms with Crippen LogP contribution in [0.2, 0.25) is 0 Å². The summed E-state index contributed by atoms with van der Waals surface area (Å²) in [6.45, 7) is 12.5. The molecule has 0 radical (unpaired) electrons. The molecule has 1 aliphatic heterocycles. The number of nitrogens with zero attached hydrogens (tertiary/aromatic N) is 2. The van der Waals surface area contributed by atoms with Crippen molar-refractivity contribution in [3.05, 3.63) is 0 Å². The minimum Gasteiger partial charge on any atom is -0.380 e. The molecular weight excluding hydrogens is 276 g/mol. The summed E-state index contributed by atoms with van der Waals surface area (Å²) in [6, 6.07) is 0.614. The summed E-state index contributed by atoms with van der Waals surface area (Å²) < 4.78 is 5.61. The van der Waals surface area contributed by atoms with Crippen LogP contribution in [0.15, 0.2) is 4.99 Å². The van der Waals surface area contributed by atoms with E-state index >= 15 is 0 Å². The monoisotopic (exact) mass is 312 g/mol. The fourth-order valence-electron chi connectivity index (χ4n) is 2.74. The van der Waals surface area contributed by atoms with Gasteiger partial charge in [-0.3, -0.25) is 9.89 Å². The van der Waals surface area contributed by atoms with E-state index in [0.717, 1.165) is 38.7 Å². The molecule has 1 atom stereocenters. The summed E-state index contributed by atoms with van der Waals surface area (Å²) in [4.78, 5) is 6.88. The van der Waals surface area contributed by atoms with Crippen molar-refractivity contribution in [2.24, 2.45) is 10.9 Å². The predicted octanol–water partition coefficient (Wildman–Crippen LogP) is 2.09. The minimum atomic E-state index is 0.614. The van der Waals surface area contributed by atoms with Crippen LogP contribution < -0.4 is 10.6 Å². The number of hydrogen-bond acceptors (Lipinski definition) is 3. The Morgan fingerprint density at radius 1 is 1.18 bits per heavy atom. The lowest BCUT2D eigenvalue weighted by molar-refractivity contribution is 0.128. The molecule has 0 bridgehead atoms. The van der Waals surface area contributed by atoms with Crippen LogP contribution in [-0.4, -0.2) is 63.3 Å². The number of hydrogen-bond donors (Lipinski definition) is 2. The zero-order chi connectivity index (χ0) is 16.2. The first kappa shape index (κ1) is 19.2. The second-order valence-corrected chi connectivity index (χ2v) is 6.48. The Balaban J connectivity index is 2.13. The molecule has 0 amide bonds. The summed E-state index contributed by atoms with van der Waals surface area (Å²) in [5.41, 5.74) is 0. The molecular formula is C17H36N4O. The summed E-state index contributed by atoms with van der Waals surface area (Å²) in [5, 5.41) is 6.77. The van der Waals surface area contributed by atoms with Gasteiger partial charge < -0.3 is 15.4 Å². The van der Waals surface area contributed by atoms with Crippen molar-refractivity contribution in [1.29, 1.82) is 0 Å². The van der Waals surface area contributed by atoms with E-state index in [1.165, 1.54) is 32.4 Å². The van der Waals surface area contributed by atoms with Crippen molar-refractivity contribution in [2.75, 3.05) is 46.4 Å². The lowest BCUT2D eigenvalue weighted by atomic mass is 10.1. The molecule has 1 fully saturated rings. The third-order valence-corrected chi connectivity index (χ3v) is 4.24. The number of aliphatic imine (C=N–C) groups is 1. The van der Waals surface area contributed by atoms with Crippen molar-refractivity contribution in [3.8, 4) is 0 Å². The van der Waals surface area contributed by atoms with E-state index < -0.39 is 0 Å². The minimum absolute atomic E-state index is 0.614. The highest BCUT2D eigenvalue weighted by Crippen LogP contribution is 2.13. The summed E-state index contributed by atoms with van der Waals surface area (Å²) >= 11 is 0. The Bertz CT molecular complexity index is 301.